The zero-order chi connectivity index (χ0) is 10.6. The molecule has 0 atom stereocenters. The van der Waals surface area contributed by atoms with E-state index in [0.717, 1.165) is 0 Å². The Morgan fingerprint density at radius 1 is 1.57 bits per heavy atom. The number of nitrogens with two attached hydrogens (primary N) is 1. The van der Waals surface area contributed by atoms with Gasteiger partial charge in [0.1, 0.15) is 5.69 Å². The molecule has 0 unspecified atom stereocenters. The number of nitrogens with one attached hydrogen (secondary N) is 1. The van der Waals surface area contributed by atoms with E-state index in [4.69, 9.17) is 10.5 Å². The molecule has 0 spiro atoms. The van der Waals surface area contributed by atoms with Crippen molar-refractivity contribution in [3.8, 4) is 0 Å². The molecule has 0 saturated carbocycles. The molecule has 0 amide bonds. The van der Waals surface area contributed by atoms with Gasteiger partial charge >= 0.3 is 5.69 Å². The summed E-state index contributed by atoms with van der Waals surface area (Å²) < 4.78 is 6.38. The molecule has 14 heavy (non-hydrogen) atoms. The monoisotopic (exact) mass is 199 g/mol. The van der Waals surface area contributed by atoms with Gasteiger partial charge in [0.2, 0.25) is 0 Å². The number of ether oxygens (including phenoxy) is 1. The Kier molecular flexibility index (Phi) is 3.47. The van der Waals surface area contributed by atoms with Gasteiger partial charge in [-0.3, -0.25) is 14.3 Å². The van der Waals surface area contributed by atoms with Crippen LogP contribution in [0.2, 0.25) is 0 Å². The normalized spacial score (nSPS) is 10.4. The third-order valence-corrected chi connectivity index (χ3v) is 1.72. The molecule has 0 fully saturated rings. The Morgan fingerprint density at radius 2 is 2.29 bits per heavy atom. The van der Waals surface area contributed by atoms with Gasteiger partial charge in [0.05, 0.1) is 13.2 Å². The zero-order valence-electron chi connectivity index (χ0n) is 7.95. The Hall–Kier alpha value is -1.56. The number of rotatable bonds is 4. The van der Waals surface area contributed by atoms with Crippen molar-refractivity contribution in [1.82, 2.24) is 9.55 Å². The van der Waals surface area contributed by atoms with Gasteiger partial charge in [0.25, 0.3) is 5.56 Å². The molecular formula is C8H13N3O3. The van der Waals surface area contributed by atoms with E-state index < -0.39 is 11.2 Å². The minimum Gasteiger partial charge on any atom is -0.393 e. The first-order valence-electron chi connectivity index (χ1n) is 4.32. The van der Waals surface area contributed by atoms with Crippen LogP contribution in [0.15, 0.2) is 15.8 Å². The second-order valence-electron chi connectivity index (χ2n) is 2.73. The molecule has 0 aliphatic carbocycles. The lowest BCUT2D eigenvalue weighted by Gasteiger charge is -2.05. The minimum absolute atomic E-state index is 0.0288. The maximum Gasteiger partial charge on any atom is 0.328 e. The molecule has 0 saturated heterocycles. The second-order valence-corrected chi connectivity index (χ2v) is 2.73. The molecule has 0 aliphatic rings. The van der Waals surface area contributed by atoms with Gasteiger partial charge in [0, 0.05) is 12.8 Å². The van der Waals surface area contributed by atoms with Crippen LogP contribution in [0.5, 0.6) is 0 Å². The predicted octanol–water partition coefficient (Wildman–Crippen LogP) is -0.845. The van der Waals surface area contributed by atoms with Crippen LogP contribution >= 0.6 is 0 Å². The molecule has 0 aliphatic heterocycles. The van der Waals surface area contributed by atoms with Crippen LogP contribution in [0, 0.1) is 0 Å². The first-order valence-corrected chi connectivity index (χ1v) is 4.32. The summed E-state index contributed by atoms with van der Waals surface area (Å²) in [6.07, 6.45) is 1.32. The largest absolute Gasteiger partial charge is 0.393 e. The van der Waals surface area contributed by atoms with Gasteiger partial charge in [-0.2, -0.15) is 0 Å². The number of hydrogen-bond acceptors (Lipinski definition) is 4. The highest BCUT2D eigenvalue weighted by Gasteiger charge is 2.00. The number of hydrogen-bond donors (Lipinski definition) is 2. The third-order valence-electron chi connectivity index (χ3n) is 1.72. The molecule has 1 rings (SSSR count). The standard InChI is InChI=1S/C8H13N3O3/c1-2-14-4-3-11-5-6(9)7(12)10-8(11)13/h5H,2-4,9H2,1H3,(H,10,12,13). The number of nitrogen functional groups attached to an aromatic ring is 1. The van der Waals surface area contributed by atoms with Crippen molar-refractivity contribution in [3.63, 3.8) is 0 Å². The van der Waals surface area contributed by atoms with Crippen LogP contribution in [0.1, 0.15) is 6.92 Å². The van der Waals surface area contributed by atoms with E-state index in [2.05, 4.69) is 4.98 Å². The summed E-state index contributed by atoms with van der Waals surface area (Å²) >= 11 is 0. The molecule has 0 aromatic carbocycles. The third kappa shape index (κ3) is 2.46. The first-order chi connectivity index (χ1) is 6.65. The van der Waals surface area contributed by atoms with Crippen LogP contribution in [0.4, 0.5) is 5.69 Å². The molecule has 78 valence electrons. The van der Waals surface area contributed by atoms with Gasteiger partial charge < -0.3 is 10.5 Å². The summed E-state index contributed by atoms with van der Waals surface area (Å²) in [6, 6.07) is 0. The Balaban J connectivity index is 2.82. The van der Waals surface area contributed by atoms with Crippen LogP contribution in [-0.4, -0.2) is 22.8 Å². The minimum atomic E-state index is -0.553. The highest BCUT2D eigenvalue weighted by Crippen LogP contribution is 1.87. The average Bonchev–Trinajstić information content (AvgIpc) is 2.14. The average molecular weight is 199 g/mol. The molecule has 6 heteroatoms. The highest BCUT2D eigenvalue weighted by atomic mass is 16.5. The molecule has 1 heterocycles. The fourth-order valence-corrected chi connectivity index (χ4v) is 1.000. The lowest BCUT2D eigenvalue weighted by Crippen LogP contribution is -2.32. The fourth-order valence-electron chi connectivity index (χ4n) is 1.000. The highest BCUT2D eigenvalue weighted by molar-refractivity contribution is 5.30. The molecule has 1 aromatic rings. The summed E-state index contributed by atoms with van der Waals surface area (Å²) in [5, 5.41) is 0. The predicted molar refractivity (Wildman–Crippen MR) is 52.2 cm³/mol. The molecule has 0 bridgehead atoms. The quantitative estimate of drug-likeness (QED) is 0.618. The lowest BCUT2D eigenvalue weighted by molar-refractivity contribution is 0.138. The van der Waals surface area contributed by atoms with Gasteiger partial charge in [0.15, 0.2) is 0 Å². The van der Waals surface area contributed by atoms with Gasteiger partial charge in [-0.25, -0.2) is 4.79 Å². The molecule has 0 radical (unpaired) electrons. The van der Waals surface area contributed by atoms with E-state index in [1.165, 1.54) is 10.8 Å². The summed E-state index contributed by atoms with van der Waals surface area (Å²) in [5.74, 6) is 0. The van der Waals surface area contributed by atoms with Crippen LogP contribution < -0.4 is 17.0 Å². The lowest BCUT2D eigenvalue weighted by atomic mass is 10.5. The van der Waals surface area contributed by atoms with Crippen molar-refractivity contribution < 1.29 is 4.74 Å². The Bertz CT molecular complexity index is 407. The van der Waals surface area contributed by atoms with Crippen molar-refractivity contribution in [2.24, 2.45) is 0 Å². The summed E-state index contributed by atoms with van der Waals surface area (Å²) in [6.45, 7) is 3.26. The number of H-pyrrole nitrogens is 1. The number of aromatic amines is 1. The summed E-state index contributed by atoms with van der Waals surface area (Å²) in [4.78, 5) is 24.2. The Morgan fingerprint density at radius 3 is 2.93 bits per heavy atom. The topological polar surface area (TPSA) is 90.1 Å². The molecule has 6 nitrogen and oxygen atoms in total. The van der Waals surface area contributed by atoms with E-state index in [1.54, 1.807) is 0 Å². The van der Waals surface area contributed by atoms with Crippen molar-refractivity contribution >= 4 is 5.69 Å². The number of anilines is 1. The van der Waals surface area contributed by atoms with E-state index in [-0.39, 0.29) is 5.69 Å². The molecular weight excluding hydrogens is 186 g/mol. The van der Waals surface area contributed by atoms with Crippen molar-refractivity contribution in [3.05, 3.63) is 27.0 Å². The van der Waals surface area contributed by atoms with Gasteiger partial charge in [-0.05, 0) is 6.92 Å². The van der Waals surface area contributed by atoms with Crippen molar-refractivity contribution in [1.29, 1.82) is 0 Å². The first kappa shape index (κ1) is 10.5. The maximum atomic E-state index is 11.2. The zero-order valence-corrected chi connectivity index (χ0v) is 7.95. The maximum absolute atomic E-state index is 11.2. The van der Waals surface area contributed by atoms with E-state index in [0.29, 0.717) is 19.8 Å². The van der Waals surface area contributed by atoms with E-state index in [1.807, 2.05) is 6.92 Å². The van der Waals surface area contributed by atoms with Crippen LogP contribution in [0.3, 0.4) is 0 Å². The van der Waals surface area contributed by atoms with E-state index >= 15 is 0 Å². The molecule has 3 N–H and O–H groups in total. The molecule has 1 aromatic heterocycles. The van der Waals surface area contributed by atoms with Gasteiger partial charge in [-0.15, -0.1) is 0 Å². The SMILES string of the molecule is CCOCCn1cc(N)c(=O)[nH]c1=O. The second kappa shape index (κ2) is 4.61. The van der Waals surface area contributed by atoms with Crippen molar-refractivity contribution in [2.75, 3.05) is 18.9 Å². The van der Waals surface area contributed by atoms with E-state index in [9.17, 15) is 9.59 Å². The number of nitrogens with zero attached hydrogens (tertiary/aromatic N) is 1. The summed E-state index contributed by atoms with van der Waals surface area (Å²) in [7, 11) is 0. The van der Waals surface area contributed by atoms with Crippen LogP contribution in [0.25, 0.3) is 0 Å². The van der Waals surface area contributed by atoms with Gasteiger partial charge in [-0.1, -0.05) is 0 Å². The fraction of sp³-hybridized carbons (Fsp3) is 0.500. The van der Waals surface area contributed by atoms with Crippen LogP contribution in [-0.2, 0) is 11.3 Å². The number of aromatic nitrogens is 2. The smallest absolute Gasteiger partial charge is 0.328 e. The Labute approximate surface area is 80.3 Å². The van der Waals surface area contributed by atoms with Crippen molar-refractivity contribution in [2.45, 2.75) is 13.5 Å². The summed E-state index contributed by atoms with van der Waals surface area (Å²) in [5.41, 5.74) is 4.36.